The van der Waals surface area contributed by atoms with Crippen LogP contribution in [0.3, 0.4) is 0 Å². The largest absolute Gasteiger partial charge is 0.354 e. The number of nitrogens with zero attached hydrogens (tertiary/aromatic N) is 1. The third-order valence-electron chi connectivity index (χ3n) is 2.64. The molecule has 0 bridgehead atoms. The SMILES string of the molecule is C/C=C(\C#N)c1[nH]c2ccccc2c1C. The zero-order valence-electron chi connectivity index (χ0n) is 8.83. The molecular formula is C13H12N2. The topological polar surface area (TPSA) is 39.6 Å². The van der Waals surface area contributed by atoms with Gasteiger partial charge in [0.05, 0.1) is 11.3 Å². The highest BCUT2D eigenvalue weighted by Crippen LogP contribution is 2.25. The van der Waals surface area contributed by atoms with Crippen LogP contribution in [0.15, 0.2) is 30.3 Å². The van der Waals surface area contributed by atoms with Crippen LogP contribution in [0.5, 0.6) is 0 Å². The summed E-state index contributed by atoms with van der Waals surface area (Å²) in [5.74, 6) is 0. The van der Waals surface area contributed by atoms with Crippen molar-refractivity contribution in [2.75, 3.05) is 0 Å². The number of H-pyrrole nitrogens is 1. The van der Waals surface area contributed by atoms with Gasteiger partial charge in [0.2, 0.25) is 0 Å². The van der Waals surface area contributed by atoms with Crippen molar-refractivity contribution in [3.63, 3.8) is 0 Å². The molecule has 1 aromatic carbocycles. The lowest BCUT2D eigenvalue weighted by molar-refractivity contribution is 1.35. The summed E-state index contributed by atoms with van der Waals surface area (Å²) in [6, 6.07) is 10.3. The number of benzene rings is 1. The normalized spacial score (nSPS) is 11.7. The van der Waals surface area contributed by atoms with E-state index < -0.39 is 0 Å². The van der Waals surface area contributed by atoms with Crippen LogP contribution < -0.4 is 0 Å². The second kappa shape index (κ2) is 3.62. The molecule has 15 heavy (non-hydrogen) atoms. The quantitative estimate of drug-likeness (QED) is 0.697. The minimum atomic E-state index is 0.698. The van der Waals surface area contributed by atoms with Gasteiger partial charge in [-0.2, -0.15) is 5.26 Å². The van der Waals surface area contributed by atoms with E-state index in [2.05, 4.69) is 17.1 Å². The van der Waals surface area contributed by atoms with Gasteiger partial charge in [0.1, 0.15) is 6.07 Å². The first-order valence-corrected chi connectivity index (χ1v) is 4.92. The monoisotopic (exact) mass is 196 g/mol. The number of allylic oxidation sites excluding steroid dienone is 2. The van der Waals surface area contributed by atoms with Crippen molar-refractivity contribution in [3.05, 3.63) is 41.6 Å². The number of hydrogen-bond acceptors (Lipinski definition) is 1. The Hall–Kier alpha value is -2.01. The molecule has 74 valence electrons. The van der Waals surface area contributed by atoms with E-state index in [-0.39, 0.29) is 0 Å². The lowest BCUT2D eigenvalue weighted by atomic mass is 10.1. The average molecular weight is 196 g/mol. The minimum Gasteiger partial charge on any atom is -0.354 e. The van der Waals surface area contributed by atoms with Gasteiger partial charge in [-0.3, -0.25) is 0 Å². The average Bonchev–Trinajstić information content (AvgIpc) is 2.60. The molecule has 0 aliphatic carbocycles. The van der Waals surface area contributed by atoms with Crippen LogP contribution >= 0.6 is 0 Å². The fourth-order valence-electron chi connectivity index (χ4n) is 1.82. The maximum absolute atomic E-state index is 8.99. The van der Waals surface area contributed by atoms with Gasteiger partial charge >= 0.3 is 0 Å². The molecule has 0 unspecified atom stereocenters. The second-order valence-electron chi connectivity index (χ2n) is 3.48. The van der Waals surface area contributed by atoms with Crippen molar-refractivity contribution in [2.45, 2.75) is 13.8 Å². The molecule has 0 fully saturated rings. The van der Waals surface area contributed by atoms with E-state index in [1.165, 1.54) is 5.39 Å². The Labute approximate surface area is 88.8 Å². The van der Waals surface area contributed by atoms with E-state index in [4.69, 9.17) is 5.26 Å². The number of nitriles is 1. The molecule has 0 radical (unpaired) electrons. The van der Waals surface area contributed by atoms with Gasteiger partial charge in [-0.1, -0.05) is 24.3 Å². The molecule has 0 atom stereocenters. The standard InChI is InChI=1S/C13H12N2/c1-3-10(8-14)13-9(2)11-6-4-5-7-12(11)15-13/h3-7,15H,1-2H3/b10-3+. The zero-order valence-corrected chi connectivity index (χ0v) is 8.83. The summed E-state index contributed by atoms with van der Waals surface area (Å²) >= 11 is 0. The van der Waals surface area contributed by atoms with Gasteiger partial charge in [-0.15, -0.1) is 0 Å². The third-order valence-corrected chi connectivity index (χ3v) is 2.64. The third kappa shape index (κ3) is 1.42. The Kier molecular flexibility index (Phi) is 2.31. The lowest BCUT2D eigenvalue weighted by Gasteiger charge is -1.95. The molecule has 2 heteroatoms. The number of fused-ring (bicyclic) bond motifs is 1. The van der Waals surface area contributed by atoms with Crippen molar-refractivity contribution in [3.8, 4) is 6.07 Å². The number of aryl methyl sites for hydroxylation is 1. The van der Waals surface area contributed by atoms with Crippen molar-refractivity contribution in [1.82, 2.24) is 4.98 Å². The highest BCUT2D eigenvalue weighted by molar-refractivity contribution is 5.91. The molecule has 1 heterocycles. The lowest BCUT2D eigenvalue weighted by Crippen LogP contribution is -1.83. The summed E-state index contributed by atoms with van der Waals surface area (Å²) in [5.41, 5.74) is 3.85. The summed E-state index contributed by atoms with van der Waals surface area (Å²) in [6.07, 6.45) is 1.83. The molecule has 2 aromatic rings. The fraction of sp³-hybridized carbons (Fsp3) is 0.154. The van der Waals surface area contributed by atoms with Crippen LogP contribution in [-0.2, 0) is 0 Å². The highest BCUT2D eigenvalue weighted by atomic mass is 14.7. The summed E-state index contributed by atoms with van der Waals surface area (Å²) in [7, 11) is 0. The molecule has 0 amide bonds. The van der Waals surface area contributed by atoms with Crippen LogP contribution in [0.25, 0.3) is 16.5 Å². The Morgan fingerprint density at radius 3 is 2.73 bits per heavy atom. The molecule has 2 nitrogen and oxygen atoms in total. The molecule has 1 aromatic heterocycles. The Bertz CT molecular complexity index is 568. The van der Waals surface area contributed by atoms with Gasteiger partial charge < -0.3 is 4.98 Å². The van der Waals surface area contributed by atoms with Crippen molar-refractivity contribution < 1.29 is 0 Å². The maximum Gasteiger partial charge on any atom is 0.101 e. The van der Waals surface area contributed by atoms with E-state index >= 15 is 0 Å². The second-order valence-corrected chi connectivity index (χ2v) is 3.48. The van der Waals surface area contributed by atoms with Crippen LogP contribution in [0.1, 0.15) is 18.2 Å². The van der Waals surface area contributed by atoms with Crippen LogP contribution in [0.2, 0.25) is 0 Å². The van der Waals surface area contributed by atoms with Gasteiger partial charge in [0.25, 0.3) is 0 Å². The minimum absolute atomic E-state index is 0.698. The predicted molar refractivity (Wildman–Crippen MR) is 62.3 cm³/mol. The molecule has 0 spiro atoms. The smallest absolute Gasteiger partial charge is 0.101 e. The van der Waals surface area contributed by atoms with Crippen molar-refractivity contribution >= 4 is 16.5 Å². The number of aromatic amines is 1. The molecule has 0 aliphatic heterocycles. The van der Waals surface area contributed by atoms with Gasteiger partial charge in [0.15, 0.2) is 0 Å². The van der Waals surface area contributed by atoms with E-state index in [1.54, 1.807) is 0 Å². The summed E-state index contributed by atoms with van der Waals surface area (Å²) in [6.45, 7) is 3.92. The zero-order chi connectivity index (χ0) is 10.8. The predicted octanol–water partition coefficient (Wildman–Crippen LogP) is 3.40. The first kappa shape index (κ1) is 9.54. The van der Waals surface area contributed by atoms with Crippen LogP contribution in [-0.4, -0.2) is 4.98 Å². The van der Waals surface area contributed by atoms with E-state index in [0.717, 1.165) is 16.8 Å². The Balaban J connectivity index is 2.75. The molecule has 0 saturated carbocycles. The first-order valence-electron chi connectivity index (χ1n) is 4.92. The summed E-state index contributed by atoms with van der Waals surface area (Å²) < 4.78 is 0. The molecule has 2 rings (SSSR count). The Morgan fingerprint density at radius 1 is 1.40 bits per heavy atom. The molecule has 1 N–H and O–H groups in total. The van der Waals surface area contributed by atoms with Crippen LogP contribution in [0.4, 0.5) is 0 Å². The molecular weight excluding hydrogens is 184 g/mol. The fourth-order valence-corrected chi connectivity index (χ4v) is 1.82. The summed E-state index contributed by atoms with van der Waals surface area (Å²) in [4.78, 5) is 3.28. The van der Waals surface area contributed by atoms with E-state index in [0.29, 0.717) is 5.57 Å². The van der Waals surface area contributed by atoms with Gasteiger partial charge in [-0.05, 0) is 25.5 Å². The van der Waals surface area contributed by atoms with Crippen molar-refractivity contribution in [1.29, 1.82) is 5.26 Å². The molecule has 0 aliphatic rings. The highest BCUT2D eigenvalue weighted by Gasteiger charge is 2.09. The summed E-state index contributed by atoms with van der Waals surface area (Å²) in [5, 5.41) is 10.2. The number of para-hydroxylation sites is 1. The van der Waals surface area contributed by atoms with E-state index in [9.17, 15) is 0 Å². The number of rotatable bonds is 1. The number of nitrogens with one attached hydrogen (secondary N) is 1. The van der Waals surface area contributed by atoms with Gasteiger partial charge in [-0.25, -0.2) is 0 Å². The first-order chi connectivity index (χ1) is 7.27. The Morgan fingerprint density at radius 2 is 2.13 bits per heavy atom. The van der Waals surface area contributed by atoms with E-state index in [1.807, 2.05) is 38.1 Å². The van der Waals surface area contributed by atoms with Crippen LogP contribution in [0, 0.1) is 18.3 Å². The molecule has 0 saturated heterocycles. The number of hydrogen-bond donors (Lipinski definition) is 1. The van der Waals surface area contributed by atoms with Crippen molar-refractivity contribution in [2.24, 2.45) is 0 Å². The van der Waals surface area contributed by atoms with Gasteiger partial charge in [0, 0.05) is 10.9 Å². The maximum atomic E-state index is 8.99. The number of aromatic nitrogens is 1.